The van der Waals surface area contributed by atoms with Gasteiger partial charge < -0.3 is 15.4 Å². The van der Waals surface area contributed by atoms with Crippen LogP contribution in [0, 0.1) is 0 Å². The lowest BCUT2D eigenvalue weighted by atomic mass is 9.91. The maximum atomic E-state index is 5.54. The molecule has 0 saturated carbocycles. The van der Waals surface area contributed by atoms with Gasteiger partial charge in [-0.05, 0) is 56.8 Å². The molecule has 0 atom stereocenters. The second kappa shape index (κ2) is 8.95. The SMILES string of the molecule is COCCCCCCN1CCC(c2cnc(N)nc2)CC1. The number of unbranched alkanes of at least 4 members (excludes halogenated alkanes) is 3. The number of piperidine rings is 1. The molecular weight excluding hydrogens is 264 g/mol. The lowest BCUT2D eigenvalue weighted by Gasteiger charge is -2.31. The van der Waals surface area contributed by atoms with Crippen molar-refractivity contribution in [3.8, 4) is 0 Å². The molecular formula is C16H28N4O. The molecule has 21 heavy (non-hydrogen) atoms. The van der Waals surface area contributed by atoms with Gasteiger partial charge in [0.2, 0.25) is 5.95 Å². The minimum atomic E-state index is 0.365. The van der Waals surface area contributed by atoms with E-state index < -0.39 is 0 Å². The molecule has 0 unspecified atom stereocenters. The summed E-state index contributed by atoms with van der Waals surface area (Å²) >= 11 is 0. The number of nitrogen functional groups attached to an aromatic ring is 1. The molecule has 5 heteroatoms. The van der Waals surface area contributed by atoms with Gasteiger partial charge in [-0.25, -0.2) is 9.97 Å². The minimum Gasteiger partial charge on any atom is -0.385 e. The van der Waals surface area contributed by atoms with Crippen molar-refractivity contribution < 1.29 is 4.74 Å². The molecule has 0 spiro atoms. The van der Waals surface area contributed by atoms with Crippen LogP contribution in [0.3, 0.4) is 0 Å². The highest BCUT2D eigenvalue weighted by Crippen LogP contribution is 2.27. The highest BCUT2D eigenvalue weighted by molar-refractivity contribution is 5.20. The molecule has 1 aromatic heterocycles. The fourth-order valence-electron chi connectivity index (χ4n) is 2.98. The van der Waals surface area contributed by atoms with Crippen molar-refractivity contribution in [2.45, 2.75) is 44.4 Å². The number of anilines is 1. The van der Waals surface area contributed by atoms with Crippen LogP contribution in [0.4, 0.5) is 5.95 Å². The summed E-state index contributed by atoms with van der Waals surface area (Å²) in [6, 6.07) is 0. The van der Waals surface area contributed by atoms with Crippen LogP contribution in [0.1, 0.15) is 50.0 Å². The summed E-state index contributed by atoms with van der Waals surface area (Å²) in [5, 5.41) is 0. The van der Waals surface area contributed by atoms with E-state index in [0.29, 0.717) is 11.9 Å². The molecule has 1 aromatic rings. The molecule has 1 aliphatic rings. The Morgan fingerprint density at radius 1 is 1.14 bits per heavy atom. The summed E-state index contributed by atoms with van der Waals surface area (Å²) in [5.41, 5.74) is 6.78. The van der Waals surface area contributed by atoms with E-state index in [4.69, 9.17) is 10.5 Å². The third kappa shape index (κ3) is 5.59. The second-order valence-electron chi connectivity index (χ2n) is 5.90. The van der Waals surface area contributed by atoms with Crippen LogP contribution >= 0.6 is 0 Å². The van der Waals surface area contributed by atoms with Gasteiger partial charge in [0.05, 0.1) is 0 Å². The van der Waals surface area contributed by atoms with E-state index in [1.165, 1.54) is 63.7 Å². The van der Waals surface area contributed by atoms with Crippen LogP contribution in [0.15, 0.2) is 12.4 Å². The van der Waals surface area contributed by atoms with Gasteiger partial charge in [0.25, 0.3) is 0 Å². The van der Waals surface area contributed by atoms with Crippen LogP contribution in [-0.4, -0.2) is 48.2 Å². The normalized spacial score (nSPS) is 17.2. The average Bonchev–Trinajstić information content (AvgIpc) is 2.52. The first-order chi connectivity index (χ1) is 10.3. The number of aromatic nitrogens is 2. The van der Waals surface area contributed by atoms with Crippen LogP contribution in [0.25, 0.3) is 0 Å². The fraction of sp³-hybridized carbons (Fsp3) is 0.750. The number of likely N-dealkylation sites (tertiary alicyclic amines) is 1. The molecule has 0 radical (unpaired) electrons. The van der Waals surface area contributed by atoms with E-state index >= 15 is 0 Å². The minimum absolute atomic E-state index is 0.365. The first-order valence-corrected chi connectivity index (χ1v) is 8.08. The third-order valence-corrected chi connectivity index (χ3v) is 4.32. The van der Waals surface area contributed by atoms with Crippen LogP contribution in [-0.2, 0) is 4.74 Å². The van der Waals surface area contributed by atoms with Crippen molar-refractivity contribution in [2.75, 3.05) is 39.1 Å². The van der Waals surface area contributed by atoms with E-state index in [1.54, 1.807) is 7.11 Å². The van der Waals surface area contributed by atoms with Gasteiger partial charge in [0, 0.05) is 26.1 Å². The standard InChI is InChI=1S/C16H28N4O/c1-21-11-5-3-2-4-8-20-9-6-14(7-10-20)15-12-18-16(17)19-13-15/h12-14H,2-11H2,1H3,(H2,17,18,19). The number of methoxy groups -OCH3 is 1. The maximum absolute atomic E-state index is 5.54. The van der Waals surface area contributed by atoms with Gasteiger partial charge >= 0.3 is 0 Å². The summed E-state index contributed by atoms with van der Waals surface area (Å²) in [6.07, 6.45) is 11.3. The molecule has 1 fully saturated rings. The number of ether oxygens (including phenoxy) is 1. The summed E-state index contributed by atoms with van der Waals surface area (Å²) in [5.74, 6) is 0.966. The summed E-state index contributed by atoms with van der Waals surface area (Å²) in [7, 11) is 1.77. The molecule has 0 aliphatic carbocycles. The van der Waals surface area contributed by atoms with Gasteiger partial charge in [0.15, 0.2) is 0 Å². The number of hydrogen-bond acceptors (Lipinski definition) is 5. The molecule has 2 N–H and O–H groups in total. The van der Waals surface area contributed by atoms with Gasteiger partial charge in [-0.2, -0.15) is 0 Å². The van der Waals surface area contributed by atoms with Crippen LogP contribution in [0.2, 0.25) is 0 Å². The molecule has 1 aliphatic heterocycles. The van der Waals surface area contributed by atoms with E-state index in [2.05, 4.69) is 14.9 Å². The number of rotatable bonds is 8. The van der Waals surface area contributed by atoms with E-state index in [9.17, 15) is 0 Å². The van der Waals surface area contributed by atoms with Gasteiger partial charge in [-0.1, -0.05) is 12.8 Å². The van der Waals surface area contributed by atoms with E-state index in [0.717, 1.165) is 6.61 Å². The van der Waals surface area contributed by atoms with Crippen molar-refractivity contribution in [1.29, 1.82) is 0 Å². The maximum Gasteiger partial charge on any atom is 0.219 e. The highest BCUT2D eigenvalue weighted by Gasteiger charge is 2.20. The Kier molecular flexibility index (Phi) is 6.89. The molecule has 2 rings (SSSR count). The Morgan fingerprint density at radius 2 is 1.81 bits per heavy atom. The molecule has 1 saturated heterocycles. The van der Waals surface area contributed by atoms with Crippen molar-refractivity contribution in [3.63, 3.8) is 0 Å². The number of nitrogens with zero attached hydrogens (tertiary/aromatic N) is 3. The summed E-state index contributed by atoms with van der Waals surface area (Å²) in [4.78, 5) is 10.8. The van der Waals surface area contributed by atoms with Gasteiger partial charge in [-0.15, -0.1) is 0 Å². The monoisotopic (exact) mass is 292 g/mol. The third-order valence-electron chi connectivity index (χ3n) is 4.32. The zero-order valence-electron chi connectivity index (χ0n) is 13.1. The Balaban J connectivity index is 1.61. The average molecular weight is 292 g/mol. The van der Waals surface area contributed by atoms with E-state index in [-0.39, 0.29) is 0 Å². The molecule has 0 amide bonds. The Labute approximate surface area is 127 Å². The van der Waals surface area contributed by atoms with Crippen molar-refractivity contribution in [3.05, 3.63) is 18.0 Å². The highest BCUT2D eigenvalue weighted by atomic mass is 16.5. The topological polar surface area (TPSA) is 64.3 Å². The van der Waals surface area contributed by atoms with Gasteiger partial charge in [-0.3, -0.25) is 0 Å². The molecule has 0 bridgehead atoms. The first kappa shape index (κ1) is 16.2. The molecule has 5 nitrogen and oxygen atoms in total. The lowest BCUT2D eigenvalue weighted by Crippen LogP contribution is -2.33. The van der Waals surface area contributed by atoms with Crippen molar-refractivity contribution in [2.24, 2.45) is 0 Å². The Hall–Kier alpha value is -1.20. The fourth-order valence-corrected chi connectivity index (χ4v) is 2.98. The van der Waals surface area contributed by atoms with Crippen LogP contribution < -0.4 is 5.73 Å². The zero-order valence-corrected chi connectivity index (χ0v) is 13.1. The lowest BCUT2D eigenvalue weighted by molar-refractivity contribution is 0.188. The summed E-state index contributed by atoms with van der Waals surface area (Å²) in [6.45, 7) is 4.51. The molecule has 118 valence electrons. The smallest absolute Gasteiger partial charge is 0.219 e. The number of nitrogens with two attached hydrogens (primary N) is 1. The predicted octanol–water partition coefficient (Wildman–Crippen LogP) is 2.45. The second-order valence-corrected chi connectivity index (χ2v) is 5.90. The number of hydrogen-bond donors (Lipinski definition) is 1. The van der Waals surface area contributed by atoms with Crippen molar-refractivity contribution >= 4 is 5.95 Å². The Morgan fingerprint density at radius 3 is 2.48 bits per heavy atom. The van der Waals surface area contributed by atoms with Crippen LogP contribution in [0.5, 0.6) is 0 Å². The predicted molar refractivity (Wildman–Crippen MR) is 85.2 cm³/mol. The summed E-state index contributed by atoms with van der Waals surface area (Å²) < 4.78 is 5.07. The quantitative estimate of drug-likeness (QED) is 0.746. The largest absolute Gasteiger partial charge is 0.385 e. The van der Waals surface area contributed by atoms with Gasteiger partial charge in [0.1, 0.15) is 0 Å². The zero-order chi connectivity index (χ0) is 14.9. The Bertz CT molecular complexity index is 388. The molecule has 2 heterocycles. The van der Waals surface area contributed by atoms with Crippen molar-refractivity contribution in [1.82, 2.24) is 14.9 Å². The molecule has 0 aromatic carbocycles. The van der Waals surface area contributed by atoms with E-state index in [1.807, 2.05) is 12.4 Å². The first-order valence-electron chi connectivity index (χ1n) is 8.08.